The van der Waals surface area contributed by atoms with E-state index in [0.29, 0.717) is 6.04 Å². The van der Waals surface area contributed by atoms with Crippen LogP contribution in [0.15, 0.2) is 0 Å². The van der Waals surface area contributed by atoms with Gasteiger partial charge in [0.2, 0.25) is 0 Å². The van der Waals surface area contributed by atoms with Crippen molar-refractivity contribution in [1.29, 1.82) is 0 Å². The summed E-state index contributed by atoms with van der Waals surface area (Å²) < 4.78 is 0. The summed E-state index contributed by atoms with van der Waals surface area (Å²) in [5.41, 5.74) is 5.40. The Morgan fingerprint density at radius 1 is 1.17 bits per heavy atom. The first-order chi connectivity index (χ1) is 5.66. The molecular formula is C10H24N2. The molecule has 0 aromatic rings. The van der Waals surface area contributed by atoms with E-state index in [0.717, 1.165) is 25.4 Å². The zero-order chi connectivity index (χ0) is 9.40. The quantitative estimate of drug-likeness (QED) is 0.574. The van der Waals surface area contributed by atoms with E-state index in [-0.39, 0.29) is 0 Å². The lowest BCUT2D eigenvalue weighted by atomic mass is 10.0. The van der Waals surface area contributed by atoms with Crippen LogP contribution in [0.2, 0.25) is 0 Å². The molecule has 0 fully saturated rings. The molecule has 0 bridgehead atoms. The first kappa shape index (κ1) is 11.9. The van der Waals surface area contributed by atoms with Gasteiger partial charge in [0.1, 0.15) is 0 Å². The minimum atomic E-state index is 0.652. The highest BCUT2D eigenvalue weighted by atomic mass is 14.9. The monoisotopic (exact) mass is 172 g/mol. The van der Waals surface area contributed by atoms with Crippen LogP contribution in [0.4, 0.5) is 0 Å². The summed E-state index contributed by atoms with van der Waals surface area (Å²) in [6.45, 7) is 8.65. The molecule has 0 amide bonds. The van der Waals surface area contributed by atoms with Gasteiger partial charge in [0.05, 0.1) is 0 Å². The van der Waals surface area contributed by atoms with Crippen molar-refractivity contribution >= 4 is 0 Å². The maximum Gasteiger partial charge on any atom is 0.00388 e. The molecule has 0 spiro atoms. The van der Waals surface area contributed by atoms with Gasteiger partial charge in [-0.1, -0.05) is 13.8 Å². The fraction of sp³-hybridized carbons (Fsp3) is 1.00. The molecule has 74 valence electrons. The lowest BCUT2D eigenvalue weighted by Crippen LogP contribution is -2.28. The van der Waals surface area contributed by atoms with Crippen molar-refractivity contribution < 1.29 is 0 Å². The molecule has 1 unspecified atom stereocenters. The molecule has 0 heterocycles. The average Bonchev–Trinajstić information content (AvgIpc) is 2.01. The van der Waals surface area contributed by atoms with Crippen LogP contribution in [-0.4, -0.2) is 19.1 Å². The van der Waals surface area contributed by atoms with Gasteiger partial charge in [-0.3, -0.25) is 0 Å². The van der Waals surface area contributed by atoms with Crippen molar-refractivity contribution in [3.05, 3.63) is 0 Å². The van der Waals surface area contributed by atoms with Crippen molar-refractivity contribution in [3.8, 4) is 0 Å². The Hall–Kier alpha value is -0.0800. The molecule has 1 atom stereocenters. The first-order valence-corrected chi connectivity index (χ1v) is 5.10. The number of nitrogens with one attached hydrogen (secondary N) is 1. The van der Waals surface area contributed by atoms with Crippen LogP contribution in [0.25, 0.3) is 0 Å². The molecule has 0 aliphatic rings. The third-order valence-electron chi connectivity index (χ3n) is 2.05. The van der Waals surface area contributed by atoms with E-state index >= 15 is 0 Å². The molecule has 0 rings (SSSR count). The van der Waals surface area contributed by atoms with E-state index in [1.54, 1.807) is 0 Å². The van der Waals surface area contributed by atoms with Crippen molar-refractivity contribution in [2.75, 3.05) is 13.1 Å². The summed E-state index contributed by atoms with van der Waals surface area (Å²) in [7, 11) is 0. The first-order valence-electron chi connectivity index (χ1n) is 5.10. The SMILES string of the molecule is CC(C)CCC(C)NCCCN. The third-order valence-corrected chi connectivity index (χ3v) is 2.05. The zero-order valence-electron chi connectivity index (χ0n) is 8.77. The van der Waals surface area contributed by atoms with Gasteiger partial charge in [0.25, 0.3) is 0 Å². The lowest BCUT2D eigenvalue weighted by molar-refractivity contribution is 0.450. The van der Waals surface area contributed by atoms with Crippen LogP contribution in [0.3, 0.4) is 0 Å². The van der Waals surface area contributed by atoms with Crippen molar-refractivity contribution in [1.82, 2.24) is 5.32 Å². The molecular weight excluding hydrogens is 148 g/mol. The Kier molecular flexibility index (Phi) is 7.51. The summed E-state index contributed by atoms with van der Waals surface area (Å²) >= 11 is 0. The number of hydrogen-bond acceptors (Lipinski definition) is 2. The largest absolute Gasteiger partial charge is 0.330 e. The molecule has 2 nitrogen and oxygen atoms in total. The minimum Gasteiger partial charge on any atom is -0.330 e. The predicted molar refractivity (Wildman–Crippen MR) is 55.2 cm³/mol. The number of hydrogen-bond donors (Lipinski definition) is 2. The van der Waals surface area contributed by atoms with Gasteiger partial charge in [-0.15, -0.1) is 0 Å². The Morgan fingerprint density at radius 2 is 1.83 bits per heavy atom. The normalized spacial score (nSPS) is 13.8. The fourth-order valence-corrected chi connectivity index (χ4v) is 1.14. The average molecular weight is 172 g/mol. The van der Waals surface area contributed by atoms with E-state index in [4.69, 9.17) is 5.73 Å². The van der Waals surface area contributed by atoms with Gasteiger partial charge < -0.3 is 11.1 Å². The highest BCUT2D eigenvalue weighted by molar-refractivity contribution is 4.61. The molecule has 0 aromatic heterocycles. The highest BCUT2D eigenvalue weighted by Crippen LogP contribution is 2.05. The molecule has 3 N–H and O–H groups in total. The maximum atomic E-state index is 5.40. The highest BCUT2D eigenvalue weighted by Gasteiger charge is 2.01. The van der Waals surface area contributed by atoms with E-state index in [9.17, 15) is 0 Å². The van der Waals surface area contributed by atoms with Gasteiger partial charge in [-0.2, -0.15) is 0 Å². The van der Waals surface area contributed by atoms with Crippen LogP contribution in [-0.2, 0) is 0 Å². The van der Waals surface area contributed by atoms with E-state index in [2.05, 4.69) is 26.1 Å². The van der Waals surface area contributed by atoms with Crippen LogP contribution in [0.5, 0.6) is 0 Å². The molecule has 2 heteroatoms. The second-order valence-corrected chi connectivity index (χ2v) is 3.97. The molecule has 0 radical (unpaired) electrons. The Balaban J connectivity index is 3.15. The van der Waals surface area contributed by atoms with E-state index < -0.39 is 0 Å². The van der Waals surface area contributed by atoms with Crippen LogP contribution >= 0.6 is 0 Å². The number of rotatable bonds is 7. The van der Waals surface area contributed by atoms with Gasteiger partial charge >= 0.3 is 0 Å². The Labute approximate surface area is 76.9 Å². The molecule has 12 heavy (non-hydrogen) atoms. The van der Waals surface area contributed by atoms with Crippen LogP contribution < -0.4 is 11.1 Å². The standard InChI is InChI=1S/C10H24N2/c1-9(2)5-6-10(3)12-8-4-7-11/h9-10,12H,4-8,11H2,1-3H3. The molecule has 0 saturated carbocycles. The van der Waals surface area contributed by atoms with E-state index in [1.807, 2.05) is 0 Å². The van der Waals surface area contributed by atoms with Gasteiger partial charge in [-0.25, -0.2) is 0 Å². The zero-order valence-corrected chi connectivity index (χ0v) is 8.77. The smallest absolute Gasteiger partial charge is 0.00388 e. The molecule has 0 saturated heterocycles. The lowest BCUT2D eigenvalue weighted by Gasteiger charge is -2.14. The molecule has 0 aromatic carbocycles. The third kappa shape index (κ3) is 8.02. The van der Waals surface area contributed by atoms with Gasteiger partial charge in [0.15, 0.2) is 0 Å². The van der Waals surface area contributed by atoms with Gasteiger partial charge in [0, 0.05) is 6.04 Å². The van der Waals surface area contributed by atoms with Crippen molar-refractivity contribution in [2.24, 2.45) is 11.7 Å². The molecule has 0 aliphatic heterocycles. The van der Waals surface area contributed by atoms with Gasteiger partial charge in [-0.05, 0) is 45.2 Å². The fourth-order valence-electron chi connectivity index (χ4n) is 1.14. The van der Waals surface area contributed by atoms with Crippen molar-refractivity contribution in [2.45, 2.75) is 46.1 Å². The summed E-state index contributed by atoms with van der Waals surface area (Å²) in [4.78, 5) is 0. The topological polar surface area (TPSA) is 38.0 Å². The van der Waals surface area contributed by atoms with E-state index in [1.165, 1.54) is 12.8 Å². The number of nitrogens with two attached hydrogens (primary N) is 1. The second-order valence-electron chi connectivity index (χ2n) is 3.97. The minimum absolute atomic E-state index is 0.652. The second kappa shape index (κ2) is 7.56. The predicted octanol–water partition coefficient (Wildman–Crippen LogP) is 1.75. The van der Waals surface area contributed by atoms with Crippen LogP contribution in [0, 0.1) is 5.92 Å². The Bertz CT molecular complexity index is 91.8. The molecule has 0 aliphatic carbocycles. The van der Waals surface area contributed by atoms with Crippen molar-refractivity contribution in [3.63, 3.8) is 0 Å². The maximum absolute atomic E-state index is 5.40. The summed E-state index contributed by atoms with van der Waals surface area (Å²) in [6.07, 6.45) is 3.69. The Morgan fingerprint density at radius 3 is 2.33 bits per heavy atom. The van der Waals surface area contributed by atoms with Crippen LogP contribution in [0.1, 0.15) is 40.0 Å². The summed E-state index contributed by atoms with van der Waals surface area (Å²) in [6, 6.07) is 0.652. The summed E-state index contributed by atoms with van der Waals surface area (Å²) in [5.74, 6) is 0.823. The summed E-state index contributed by atoms with van der Waals surface area (Å²) in [5, 5.41) is 3.46.